The first kappa shape index (κ1) is 10.6. The van der Waals surface area contributed by atoms with E-state index >= 15 is 0 Å². The summed E-state index contributed by atoms with van der Waals surface area (Å²) < 4.78 is 0. The van der Waals surface area contributed by atoms with Crippen molar-refractivity contribution in [1.82, 2.24) is 15.0 Å². The molecule has 0 aliphatic heterocycles. The van der Waals surface area contributed by atoms with Gasteiger partial charge in [0.05, 0.1) is 0 Å². The Morgan fingerprint density at radius 3 is 2.88 bits per heavy atom. The number of amides is 1. The molecule has 2 aromatic heterocycles. The van der Waals surface area contributed by atoms with Crippen molar-refractivity contribution in [3.8, 4) is 0 Å². The monoisotopic (exact) mass is 218 g/mol. The minimum atomic E-state index is -0.450. The van der Waals surface area contributed by atoms with E-state index < -0.39 is 5.41 Å². The van der Waals surface area contributed by atoms with Gasteiger partial charge in [-0.15, -0.1) is 0 Å². The van der Waals surface area contributed by atoms with Crippen LogP contribution < -0.4 is 5.32 Å². The SMILES string of the molecule is CC(C)(C)C(=O)Nc1ncc2cc[nH]c2n1. The maximum Gasteiger partial charge on any atom is 0.232 e. The molecule has 0 aliphatic rings. The number of H-pyrrole nitrogens is 1. The first-order chi connectivity index (χ1) is 7.47. The maximum absolute atomic E-state index is 11.7. The number of fused-ring (bicyclic) bond motifs is 1. The topological polar surface area (TPSA) is 70.7 Å². The molecule has 5 nitrogen and oxygen atoms in total. The molecule has 2 rings (SSSR count). The molecular formula is C11H14N4O. The third-order valence-electron chi connectivity index (χ3n) is 2.21. The highest BCUT2D eigenvalue weighted by atomic mass is 16.2. The van der Waals surface area contributed by atoms with E-state index in [0.29, 0.717) is 5.95 Å². The van der Waals surface area contributed by atoms with Gasteiger partial charge in [0.15, 0.2) is 0 Å². The second-order valence-corrected chi connectivity index (χ2v) is 4.68. The number of carbonyl (C=O) groups is 1. The summed E-state index contributed by atoms with van der Waals surface area (Å²) in [7, 11) is 0. The van der Waals surface area contributed by atoms with Crippen molar-refractivity contribution in [1.29, 1.82) is 0 Å². The minimum Gasteiger partial charge on any atom is -0.346 e. The zero-order valence-electron chi connectivity index (χ0n) is 9.53. The van der Waals surface area contributed by atoms with Gasteiger partial charge in [-0.25, -0.2) is 4.98 Å². The molecule has 0 atom stereocenters. The molecule has 16 heavy (non-hydrogen) atoms. The Bertz CT molecular complexity index is 524. The highest BCUT2D eigenvalue weighted by Crippen LogP contribution is 2.16. The van der Waals surface area contributed by atoms with Crippen molar-refractivity contribution in [2.24, 2.45) is 5.41 Å². The Morgan fingerprint density at radius 1 is 1.44 bits per heavy atom. The fourth-order valence-corrected chi connectivity index (χ4v) is 1.19. The summed E-state index contributed by atoms with van der Waals surface area (Å²) in [5.74, 6) is 0.230. The van der Waals surface area contributed by atoms with Gasteiger partial charge in [-0.05, 0) is 6.07 Å². The lowest BCUT2D eigenvalue weighted by Gasteiger charge is -2.16. The van der Waals surface area contributed by atoms with Gasteiger partial charge in [-0.3, -0.25) is 10.1 Å². The van der Waals surface area contributed by atoms with Gasteiger partial charge in [0.25, 0.3) is 0 Å². The lowest BCUT2D eigenvalue weighted by atomic mass is 9.96. The van der Waals surface area contributed by atoms with Crippen LogP contribution in [-0.4, -0.2) is 20.9 Å². The molecule has 0 bridgehead atoms. The number of aromatic amines is 1. The van der Waals surface area contributed by atoms with Crippen molar-refractivity contribution in [3.05, 3.63) is 18.5 Å². The summed E-state index contributed by atoms with van der Waals surface area (Å²) >= 11 is 0. The number of hydrogen-bond acceptors (Lipinski definition) is 3. The fourth-order valence-electron chi connectivity index (χ4n) is 1.19. The number of hydrogen-bond donors (Lipinski definition) is 2. The number of aromatic nitrogens is 3. The summed E-state index contributed by atoms with van der Waals surface area (Å²) in [6, 6.07) is 1.88. The van der Waals surface area contributed by atoms with Crippen LogP contribution in [0, 0.1) is 5.41 Å². The molecule has 2 aromatic rings. The summed E-state index contributed by atoms with van der Waals surface area (Å²) in [5.41, 5.74) is 0.271. The van der Waals surface area contributed by atoms with E-state index in [1.165, 1.54) is 0 Å². The van der Waals surface area contributed by atoms with E-state index in [0.717, 1.165) is 11.0 Å². The van der Waals surface area contributed by atoms with E-state index in [1.807, 2.05) is 26.8 Å². The van der Waals surface area contributed by atoms with Crippen molar-refractivity contribution >= 4 is 22.9 Å². The molecule has 2 N–H and O–H groups in total. The van der Waals surface area contributed by atoms with E-state index in [2.05, 4.69) is 20.3 Å². The van der Waals surface area contributed by atoms with Crippen LogP contribution in [0.5, 0.6) is 0 Å². The Labute approximate surface area is 93.3 Å². The number of rotatable bonds is 1. The number of nitrogens with one attached hydrogen (secondary N) is 2. The predicted octanol–water partition coefficient (Wildman–Crippen LogP) is 1.94. The van der Waals surface area contributed by atoms with Gasteiger partial charge in [0.1, 0.15) is 5.65 Å². The molecule has 0 aromatic carbocycles. The molecule has 0 radical (unpaired) electrons. The molecule has 0 fully saturated rings. The largest absolute Gasteiger partial charge is 0.346 e. The zero-order chi connectivity index (χ0) is 11.8. The van der Waals surface area contributed by atoms with Gasteiger partial charge >= 0.3 is 0 Å². The summed E-state index contributed by atoms with van der Waals surface area (Å²) in [5, 5.41) is 3.61. The smallest absolute Gasteiger partial charge is 0.232 e. The Hall–Kier alpha value is -1.91. The van der Waals surface area contributed by atoms with E-state index in [1.54, 1.807) is 12.4 Å². The second kappa shape index (κ2) is 3.59. The second-order valence-electron chi connectivity index (χ2n) is 4.68. The first-order valence-corrected chi connectivity index (χ1v) is 5.08. The molecule has 5 heteroatoms. The molecule has 2 heterocycles. The third kappa shape index (κ3) is 2.03. The number of carbonyl (C=O) groups excluding carboxylic acids is 1. The number of anilines is 1. The van der Waals surface area contributed by atoms with Crippen LogP contribution in [0.1, 0.15) is 20.8 Å². The summed E-state index contributed by atoms with van der Waals surface area (Å²) in [6.07, 6.45) is 3.46. The molecule has 0 saturated carbocycles. The fraction of sp³-hybridized carbons (Fsp3) is 0.364. The normalized spacial score (nSPS) is 11.7. The summed E-state index contributed by atoms with van der Waals surface area (Å²) in [4.78, 5) is 22.9. The van der Waals surface area contributed by atoms with Gasteiger partial charge < -0.3 is 4.98 Å². The van der Waals surface area contributed by atoms with Crippen molar-refractivity contribution in [2.75, 3.05) is 5.32 Å². The molecule has 0 aliphatic carbocycles. The molecule has 1 amide bonds. The standard InChI is InChI=1S/C11H14N4O/c1-11(2,3)9(16)15-10-13-6-7-4-5-12-8(7)14-10/h4-6H,1-3H3,(H2,12,13,14,15,16). The highest BCUT2D eigenvalue weighted by Gasteiger charge is 2.22. The van der Waals surface area contributed by atoms with Crippen molar-refractivity contribution in [2.45, 2.75) is 20.8 Å². The summed E-state index contributed by atoms with van der Waals surface area (Å²) in [6.45, 7) is 5.53. The lowest BCUT2D eigenvalue weighted by Crippen LogP contribution is -2.28. The van der Waals surface area contributed by atoms with E-state index in [4.69, 9.17) is 0 Å². The van der Waals surface area contributed by atoms with Crippen LogP contribution in [0.4, 0.5) is 5.95 Å². The Morgan fingerprint density at radius 2 is 2.19 bits per heavy atom. The average Bonchev–Trinajstić information content (AvgIpc) is 2.63. The zero-order valence-corrected chi connectivity index (χ0v) is 9.53. The quantitative estimate of drug-likeness (QED) is 0.768. The highest BCUT2D eigenvalue weighted by molar-refractivity contribution is 5.93. The molecule has 0 unspecified atom stereocenters. The van der Waals surface area contributed by atoms with Crippen LogP contribution in [0.15, 0.2) is 18.5 Å². The van der Waals surface area contributed by atoms with E-state index in [9.17, 15) is 4.79 Å². The molecule has 84 valence electrons. The number of nitrogens with zero attached hydrogens (tertiary/aromatic N) is 2. The van der Waals surface area contributed by atoms with Crippen LogP contribution >= 0.6 is 0 Å². The van der Waals surface area contributed by atoms with Crippen LogP contribution in [0.3, 0.4) is 0 Å². The van der Waals surface area contributed by atoms with Gasteiger partial charge in [0, 0.05) is 23.2 Å². The van der Waals surface area contributed by atoms with Crippen LogP contribution in [0.2, 0.25) is 0 Å². The van der Waals surface area contributed by atoms with Gasteiger partial charge in [-0.2, -0.15) is 4.98 Å². The predicted molar refractivity (Wildman–Crippen MR) is 62.0 cm³/mol. The first-order valence-electron chi connectivity index (χ1n) is 5.08. The Balaban J connectivity index is 2.24. The van der Waals surface area contributed by atoms with E-state index in [-0.39, 0.29) is 5.91 Å². The third-order valence-corrected chi connectivity index (χ3v) is 2.21. The molecule has 0 spiro atoms. The average molecular weight is 218 g/mol. The van der Waals surface area contributed by atoms with Crippen LogP contribution in [0.25, 0.3) is 11.0 Å². The van der Waals surface area contributed by atoms with Gasteiger partial charge in [0.2, 0.25) is 11.9 Å². The minimum absolute atomic E-state index is 0.0987. The Kier molecular flexibility index (Phi) is 2.38. The van der Waals surface area contributed by atoms with Crippen LogP contribution in [-0.2, 0) is 4.79 Å². The van der Waals surface area contributed by atoms with Crippen molar-refractivity contribution in [3.63, 3.8) is 0 Å². The molecule has 0 saturated heterocycles. The van der Waals surface area contributed by atoms with Gasteiger partial charge in [-0.1, -0.05) is 20.8 Å². The lowest BCUT2D eigenvalue weighted by molar-refractivity contribution is -0.123. The molecular weight excluding hydrogens is 204 g/mol. The van der Waals surface area contributed by atoms with Crippen molar-refractivity contribution < 1.29 is 4.79 Å². The maximum atomic E-state index is 11.7.